The van der Waals surface area contributed by atoms with Gasteiger partial charge in [0, 0.05) is 25.5 Å². The molecule has 6 nitrogen and oxygen atoms in total. The number of benzene rings is 2. The summed E-state index contributed by atoms with van der Waals surface area (Å²) in [6.45, 7) is 4.10. The van der Waals surface area contributed by atoms with E-state index >= 15 is 0 Å². The lowest BCUT2D eigenvalue weighted by molar-refractivity contribution is 0.966. The van der Waals surface area contributed by atoms with Crippen LogP contribution in [0.4, 0.5) is 29.2 Å². The van der Waals surface area contributed by atoms with Gasteiger partial charge in [0.15, 0.2) is 0 Å². The number of anilines is 5. The number of aromatic nitrogens is 3. The van der Waals surface area contributed by atoms with Crippen LogP contribution in [0, 0.1) is 13.8 Å². The molecule has 0 atom stereocenters. The maximum Gasteiger partial charge on any atom is 0.233 e. The highest BCUT2D eigenvalue weighted by molar-refractivity contribution is 5.60. The van der Waals surface area contributed by atoms with Gasteiger partial charge >= 0.3 is 0 Å². The van der Waals surface area contributed by atoms with Crippen LogP contribution in [0.2, 0.25) is 0 Å². The average molecular weight is 334 g/mol. The first-order valence-corrected chi connectivity index (χ1v) is 8.10. The van der Waals surface area contributed by atoms with Gasteiger partial charge in [0.2, 0.25) is 17.8 Å². The molecule has 2 N–H and O–H groups in total. The zero-order valence-electron chi connectivity index (χ0n) is 14.9. The van der Waals surface area contributed by atoms with Crippen LogP contribution >= 0.6 is 0 Å². The smallest absolute Gasteiger partial charge is 0.233 e. The molecule has 128 valence electrons. The summed E-state index contributed by atoms with van der Waals surface area (Å²) in [7, 11) is 3.81. The predicted octanol–water partition coefficient (Wildman–Crippen LogP) is 4.04. The summed E-state index contributed by atoms with van der Waals surface area (Å²) in [6.07, 6.45) is 0. The van der Waals surface area contributed by atoms with Crippen molar-refractivity contribution in [3.63, 3.8) is 0 Å². The van der Waals surface area contributed by atoms with Crippen molar-refractivity contribution in [2.75, 3.05) is 29.6 Å². The highest BCUT2D eigenvalue weighted by atomic mass is 15.3. The Bertz CT molecular complexity index is 810. The Labute approximate surface area is 148 Å². The maximum atomic E-state index is 4.49. The number of rotatable bonds is 5. The highest BCUT2D eigenvalue weighted by Gasteiger charge is 2.09. The number of hydrogen-bond donors (Lipinski definition) is 2. The monoisotopic (exact) mass is 334 g/mol. The summed E-state index contributed by atoms with van der Waals surface area (Å²) in [4.78, 5) is 15.3. The van der Waals surface area contributed by atoms with E-state index in [2.05, 4.69) is 51.6 Å². The largest absolute Gasteiger partial charge is 0.347 e. The molecular formula is C19H22N6. The molecule has 1 aromatic heterocycles. The van der Waals surface area contributed by atoms with E-state index in [0.717, 1.165) is 11.4 Å². The van der Waals surface area contributed by atoms with E-state index in [0.29, 0.717) is 17.8 Å². The number of nitrogens with one attached hydrogen (secondary N) is 2. The van der Waals surface area contributed by atoms with Gasteiger partial charge in [0.05, 0.1) is 0 Å². The van der Waals surface area contributed by atoms with Crippen molar-refractivity contribution < 1.29 is 0 Å². The van der Waals surface area contributed by atoms with Gasteiger partial charge in [0.1, 0.15) is 0 Å². The third-order valence-electron chi connectivity index (χ3n) is 3.57. The van der Waals surface area contributed by atoms with Gasteiger partial charge in [-0.3, -0.25) is 0 Å². The molecule has 0 aliphatic carbocycles. The predicted molar refractivity (Wildman–Crippen MR) is 103 cm³/mol. The van der Waals surface area contributed by atoms with E-state index in [4.69, 9.17) is 0 Å². The van der Waals surface area contributed by atoms with Gasteiger partial charge < -0.3 is 15.5 Å². The summed E-state index contributed by atoms with van der Waals surface area (Å²) in [5.41, 5.74) is 4.23. The van der Waals surface area contributed by atoms with Crippen LogP contribution in [0.5, 0.6) is 0 Å². The minimum Gasteiger partial charge on any atom is -0.347 e. The standard InChI is InChI=1S/C19H22N6/c1-13-7-5-9-15(11-13)20-17-22-18(24-19(23-17)25(3)4)21-16-10-6-8-14(2)12-16/h5-12H,1-4H3,(H2,20,21,22,23,24). The molecule has 0 amide bonds. The zero-order valence-corrected chi connectivity index (χ0v) is 14.9. The number of hydrogen-bond acceptors (Lipinski definition) is 6. The molecule has 1 heterocycles. The Kier molecular flexibility index (Phi) is 4.79. The normalized spacial score (nSPS) is 10.4. The van der Waals surface area contributed by atoms with Crippen molar-refractivity contribution in [3.05, 3.63) is 59.7 Å². The molecule has 0 aliphatic rings. The van der Waals surface area contributed by atoms with Crippen LogP contribution in [0.25, 0.3) is 0 Å². The Morgan fingerprint density at radius 1 is 0.720 bits per heavy atom. The van der Waals surface area contributed by atoms with Crippen molar-refractivity contribution in [3.8, 4) is 0 Å². The molecule has 0 fully saturated rings. The first-order chi connectivity index (χ1) is 12.0. The van der Waals surface area contributed by atoms with Gasteiger partial charge in [0.25, 0.3) is 0 Å². The van der Waals surface area contributed by atoms with Crippen molar-refractivity contribution in [1.29, 1.82) is 0 Å². The SMILES string of the molecule is Cc1cccc(Nc2nc(Nc3cccc(C)c3)nc(N(C)C)n2)c1. The second-order valence-corrected chi connectivity index (χ2v) is 6.17. The Balaban J connectivity index is 1.91. The van der Waals surface area contributed by atoms with Gasteiger partial charge in [-0.2, -0.15) is 15.0 Å². The van der Waals surface area contributed by atoms with Crippen LogP contribution in [-0.2, 0) is 0 Å². The zero-order chi connectivity index (χ0) is 17.8. The Hall–Kier alpha value is -3.15. The molecule has 3 aromatic rings. The van der Waals surface area contributed by atoms with E-state index in [1.807, 2.05) is 55.4 Å². The van der Waals surface area contributed by atoms with Gasteiger partial charge in [-0.25, -0.2) is 0 Å². The molecule has 0 radical (unpaired) electrons. The van der Waals surface area contributed by atoms with E-state index in [9.17, 15) is 0 Å². The van der Waals surface area contributed by atoms with E-state index < -0.39 is 0 Å². The quantitative estimate of drug-likeness (QED) is 0.734. The first-order valence-electron chi connectivity index (χ1n) is 8.10. The molecule has 0 saturated carbocycles. The molecule has 0 spiro atoms. The maximum absolute atomic E-state index is 4.49. The fourth-order valence-electron chi connectivity index (χ4n) is 2.38. The van der Waals surface area contributed by atoms with Crippen LogP contribution < -0.4 is 15.5 Å². The molecule has 0 aliphatic heterocycles. The lowest BCUT2D eigenvalue weighted by atomic mass is 10.2. The molecule has 0 unspecified atom stereocenters. The summed E-state index contributed by atoms with van der Waals surface area (Å²) in [5, 5.41) is 6.50. The van der Waals surface area contributed by atoms with Crippen LogP contribution in [0.3, 0.4) is 0 Å². The third-order valence-corrected chi connectivity index (χ3v) is 3.57. The number of nitrogens with zero attached hydrogens (tertiary/aromatic N) is 4. The molecule has 3 rings (SSSR count). The average Bonchev–Trinajstić information content (AvgIpc) is 2.54. The molecule has 2 aromatic carbocycles. The van der Waals surface area contributed by atoms with Crippen molar-refractivity contribution >= 4 is 29.2 Å². The second-order valence-electron chi connectivity index (χ2n) is 6.17. The summed E-state index contributed by atoms with van der Waals surface area (Å²) < 4.78 is 0. The summed E-state index contributed by atoms with van der Waals surface area (Å²) >= 11 is 0. The van der Waals surface area contributed by atoms with Crippen molar-refractivity contribution in [1.82, 2.24) is 15.0 Å². The fraction of sp³-hybridized carbons (Fsp3) is 0.211. The van der Waals surface area contributed by atoms with E-state index in [1.54, 1.807) is 0 Å². The second kappa shape index (κ2) is 7.17. The lowest BCUT2D eigenvalue weighted by Crippen LogP contribution is -2.15. The first kappa shape index (κ1) is 16.7. The van der Waals surface area contributed by atoms with Gasteiger partial charge in [-0.15, -0.1) is 0 Å². The van der Waals surface area contributed by atoms with E-state index in [1.165, 1.54) is 11.1 Å². The Morgan fingerprint density at radius 2 is 1.20 bits per heavy atom. The molecule has 0 saturated heterocycles. The van der Waals surface area contributed by atoms with Crippen molar-refractivity contribution in [2.45, 2.75) is 13.8 Å². The minimum atomic E-state index is 0.499. The molecular weight excluding hydrogens is 312 g/mol. The van der Waals surface area contributed by atoms with Crippen LogP contribution in [0.15, 0.2) is 48.5 Å². The summed E-state index contributed by atoms with van der Waals surface area (Å²) in [5.74, 6) is 1.58. The van der Waals surface area contributed by atoms with Crippen LogP contribution in [-0.4, -0.2) is 29.0 Å². The Morgan fingerprint density at radius 3 is 1.60 bits per heavy atom. The summed E-state index contributed by atoms with van der Waals surface area (Å²) in [6, 6.07) is 16.2. The minimum absolute atomic E-state index is 0.499. The lowest BCUT2D eigenvalue weighted by Gasteiger charge is -2.14. The molecule has 6 heteroatoms. The topological polar surface area (TPSA) is 66.0 Å². The van der Waals surface area contributed by atoms with E-state index in [-0.39, 0.29) is 0 Å². The molecule has 25 heavy (non-hydrogen) atoms. The molecule has 0 bridgehead atoms. The van der Waals surface area contributed by atoms with Crippen molar-refractivity contribution in [2.24, 2.45) is 0 Å². The third kappa shape index (κ3) is 4.44. The number of aryl methyl sites for hydroxylation is 2. The van der Waals surface area contributed by atoms with Gasteiger partial charge in [-0.1, -0.05) is 24.3 Å². The fourth-order valence-corrected chi connectivity index (χ4v) is 2.38. The highest BCUT2D eigenvalue weighted by Crippen LogP contribution is 2.20. The van der Waals surface area contributed by atoms with Gasteiger partial charge in [-0.05, 0) is 49.2 Å². The van der Waals surface area contributed by atoms with Crippen LogP contribution in [0.1, 0.15) is 11.1 Å².